The van der Waals surface area contributed by atoms with Crippen LogP contribution in [-0.2, 0) is 22.7 Å². The number of fused-ring (bicyclic) bond motifs is 1. The second-order valence-corrected chi connectivity index (χ2v) is 10.2. The third-order valence-electron chi connectivity index (χ3n) is 6.89. The molecule has 0 spiro atoms. The molecule has 36 heavy (non-hydrogen) atoms. The molecule has 1 N–H and O–H groups in total. The lowest BCUT2D eigenvalue weighted by Crippen LogP contribution is -2.47. The number of hydrogen-bond donors (Lipinski definition) is 1. The molecule has 3 heterocycles. The predicted molar refractivity (Wildman–Crippen MR) is 144 cm³/mol. The van der Waals surface area contributed by atoms with E-state index in [9.17, 15) is 19.2 Å². The maximum absolute atomic E-state index is 13.3. The van der Waals surface area contributed by atoms with Gasteiger partial charge in [-0.25, -0.2) is 4.79 Å². The molecule has 3 aromatic rings. The van der Waals surface area contributed by atoms with Crippen molar-refractivity contribution >= 4 is 39.1 Å². The molecule has 192 valence electrons. The third kappa shape index (κ3) is 5.95. The number of piperidine rings is 1. The molecule has 9 heteroatoms. The fraction of sp³-hybridized carbons (Fsp3) is 0.481. The van der Waals surface area contributed by atoms with Crippen molar-refractivity contribution in [2.24, 2.45) is 0 Å². The lowest BCUT2D eigenvalue weighted by atomic mass is 10.00. The van der Waals surface area contributed by atoms with Crippen molar-refractivity contribution in [1.29, 1.82) is 0 Å². The Hall–Kier alpha value is -3.20. The second kappa shape index (κ2) is 12.2. The number of likely N-dealkylation sites (tertiary alicyclic amines) is 1. The van der Waals surface area contributed by atoms with Crippen molar-refractivity contribution in [3.63, 3.8) is 0 Å². The van der Waals surface area contributed by atoms with Gasteiger partial charge in [0, 0.05) is 31.2 Å². The van der Waals surface area contributed by atoms with Gasteiger partial charge in [0.15, 0.2) is 0 Å². The van der Waals surface area contributed by atoms with Crippen LogP contribution >= 0.6 is 11.3 Å². The summed E-state index contributed by atoms with van der Waals surface area (Å²) in [5.41, 5.74) is 0.552. The van der Waals surface area contributed by atoms with E-state index < -0.39 is 5.69 Å². The van der Waals surface area contributed by atoms with E-state index in [4.69, 9.17) is 0 Å². The fourth-order valence-corrected chi connectivity index (χ4v) is 5.78. The molecule has 4 rings (SSSR count). The molecule has 1 fully saturated rings. The van der Waals surface area contributed by atoms with Crippen LogP contribution in [0.3, 0.4) is 0 Å². The lowest BCUT2D eigenvalue weighted by molar-refractivity contribution is -0.135. The smallest absolute Gasteiger partial charge is 0.332 e. The predicted octanol–water partition coefficient (Wildman–Crippen LogP) is 4.21. The number of thiophene rings is 1. The van der Waals surface area contributed by atoms with E-state index >= 15 is 0 Å². The van der Waals surface area contributed by atoms with Gasteiger partial charge >= 0.3 is 5.69 Å². The minimum atomic E-state index is -0.439. The Bertz CT molecular complexity index is 1310. The quantitative estimate of drug-likeness (QED) is 0.414. The SMILES string of the molecule is CC[C@@H]1CCCCN1C(=O)Cn1c(=O)n(CCCCCC(=O)Nc2ccccc2)c(=O)c2sccc21. The van der Waals surface area contributed by atoms with Gasteiger partial charge in [0.2, 0.25) is 11.8 Å². The van der Waals surface area contributed by atoms with Crippen molar-refractivity contribution in [3.8, 4) is 0 Å². The zero-order valence-electron chi connectivity index (χ0n) is 20.8. The van der Waals surface area contributed by atoms with Gasteiger partial charge in [-0.3, -0.25) is 23.5 Å². The van der Waals surface area contributed by atoms with Gasteiger partial charge < -0.3 is 10.2 Å². The van der Waals surface area contributed by atoms with Gasteiger partial charge in [-0.15, -0.1) is 11.3 Å². The van der Waals surface area contributed by atoms with E-state index in [-0.39, 0.29) is 36.5 Å². The van der Waals surface area contributed by atoms with E-state index in [1.165, 1.54) is 20.5 Å². The van der Waals surface area contributed by atoms with Crippen molar-refractivity contribution in [3.05, 3.63) is 62.6 Å². The first-order valence-electron chi connectivity index (χ1n) is 12.8. The number of hydrogen-bond acceptors (Lipinski definition) is 5. The number of nitrogens with zero attached hydrogens (tertiary/aromatic N) is 3. The van der Waals surface area contributed by atoms with Gasteiger partial charge in [0.1, 0.15) is 11.2 Å². The number of aromatic nitrogens is 2. The van der Waals surface area contributed by atoms with Crippen molar-refractivity contribution in [1.82, 2.24) is 14.0 Å². The second-order valence-electron chi connectivity index (χ2n) is 9.33. The molecule has 0 radical (unpaired) electrons. The van der Waals surface area contributed by atoms with Crippen LogP contribution in [0.15, 0.2) is 51.4 Å². The van der Waals surface area contributed by atoms with E-state index in [0.717, 1.165) is 37.9 Å². The number of para-hydroxylation sites is 1. The van der Waals surface area contributed by atoms with Gasteiger partial charge in [0.05, 0.1) is 5.52 Å². The van der Waals surface area contributed by atoms with Crippen LogP contribution in [0.5, 0.6) is 0 Å². The summed E-state index contributed by atoms with van der Waals surface area (Å²) in [7, 11) is 0. The first-order valence-corrected chi connectivity index (χ1v) is 13.7. The summed E-state index contributed by atoms with van der Waals surface area (Å²) in [6.07, 6.45) is 6.34. The summed E-state index contributed by atoms with van der Waals surface area (Å²) in [4.78, 5) is 53.6. The minimum absolute atomic E-state index is 0.0531. The maximum Gasteiger partial charge on any atom is 0.332 e. The summed E-state index contributed by atoms with van der Waals surface area (Å²) in [5.74, 6) is -0.117. The zero-order chi connectivity index (χ0) is 25.5. The minimum Gasteiger partial charge on any atom is -0.338 e. The highest BCUT2D eigenvalue weighted by Crippen LogP contribution is 2.21. The van der Waals surface area contributed by atoms with E-state index in [2.05, 4.69) is 12.2 Å². The Morgan fingerprint density at radius 2 is 1.83 bits per heavy atom. The molecule has 0 bridgehead atoms. The molecule has 1 atom stereocenters. The average Bonchev–Trinajstić information content (AvgIpc) is 3.38. The summed E-state index contributed by atoms with van der Waals surface area (Å²) in [5, 5.41) is 4.65. The van der Waals surface area contributed by atoms with Gasteiger partial charge in [-0.2, -0.15) is 0 Å². The Kier molecular flexibility index (Phi) is 8.74. The normalized spacial score (nSPS) is 15.8. The number of amides is 2. The number of anilines is 1. The average molecular weight is 511 g/mol. The van der Waals surface area contributed by atoms with E-state index in [0.29, 0.717) is 35.9 Å². The Morgan fingerprint density at radius 1 is 1.03 bits per heavy atom. The van der Waals surface area contributed by atoms with Crippen molar-refractivity contribution in [2.75, 3.05) is 11.9 Å². The first-order chi connectivity index (χ1) is 17.5. The Labute approximate surface area is 214 Å². The van der Waals surface area contributed by atoms with Crippen molar-refractivity contribution in [2.45, 2.75) is 77.4 Å². The molecule has 2 aromatic heterocycles. The highest BCUT2D eigenvalue weighted by molar-refractivity contribution is 7.17. The van der Waals surface area contributed by atoms with Gasteiger partial charge in [-0.1, -0.05) is 31.5 Å². The molecule has 1 aliphatic rings. The molecular weight excluding hydrogens is 476 g/mol. The van der Waals surface area contributed by atoms with E-state index in [1.807, 2.05) is 35.2 Å². The lowest BCUT2D eigenvalue weighted by Gasteiger charge is -2.35. The van der Waals surface area contributed by atoms with Crippen LogP contribution in [0, 0.1) is 0 Å². The monoisotopic (exact) mass is 510 g/mol. The summed E-state index contributed by atoms with van der Waals surface area (Å²) in [6.45, 7) is 3.02. The molecule has 8 nitrogen and oxygen atoms in total. The number of rotatable bonds is 10. The number of nitrogens with one attached hydrogen (secondary N) is 1. The highest BCUT2D eigenvalue weighted by Gasteiger charge is 2.26. The molecule has 1 aliphatic heterocycles. The maximum atomic E-state index is 13.3. The summed E-state index contributed by atoms with van der Waals surface area (Å²) >= 11 is 1.30. The molecular formula is C27H34N4O4S. The van der Waals surface area contributed by atoms with Crippen LogP contribution in [0.2, 0.25) is 0 Å². The molecule has 0 unspecified atom stereocenters. The number of unbranched alkanes of at least 4 members (excludes halogenated alkanes) is 2. The van der Waals surface area contributed by atoms with Crippen LogP contribution in [-0.4, -0.2) is 38.4 Å². The van der Waals surface area contributed by atoms with Crippen molar-refractivity contribution < 1.29 is 9.59 Å². The first kappa shape index (κ1) is 25.9. The highest BCUT2D eigenvalue weighted by atomic mass is 32.1. The van der Waals surface area contributed by atoms with Gasteiger partial charge in [-0.05, 0) is 62.1 Å². The van der Waals surface area contributed by atoms with Crippen LogP contribution in [0.25, 0.3) is 10.2 Å². The van der Waals surface area contributed by atoms with Gasteiger partial charge in [0.25, 0.3) is 5.56 Å². The van der Waals surface area contributed by atoms with Crippen LogP contribution in [0.1, 0.15) is 58.3 Å². The fourth-order valence-electron chi connectivity index (χ4n) is 4.94. The van der Waals surface area contributed by atoms with Crippen LogP contribution in [0.4, 0.5) is 5.69 Å². The number of carbonyl (C=O) groups excluding carboxylic acids is 2. The number of carbonyl (C=O) groups is 2. The van der Waals surface area contributed by atoms with E-state index in [1.54, 1.807) is 11.4 Å². The molecule has 0 saturated carbocycles. The molecule has 1 aromatic carbocycles. The molecule has 0 aliphatic carbocycles. The summed E-state index contributed by atoms with van der Waals surface area (Å²) < 4.78 is 3.21. The topological polar surface area (TPSA) is 93.4 Å². The zero-order valence-corrected chi connectivity index (χ0v) is 21.6. The molecule has 1 saturated heterocycles. The van der Waals surface area contributed by atoms with Crippen LogP contribution < -0.4 is 16.6 Å². The molecule has 2 amide bonds. The Balaban J connectivity index is 1.40. The summed E-state index contributed by atoms with van der Waals surface area (Å²) in [6, 6.07) is 11.3. The largest absolute Gasteiger partial charge is 0.338 e. The third-order valence-corrected chi connectivity index (χ3v) is 7.78. The standard InChI is InChI=1S/C27H34N4O4S/c1-2-21-13-8-10-16-29(21)24(33)19-31-22-15-18-36-25(22)26(34)30(27(31)35)17-9-4-7-14-23(32)28-20-11-5-3-6-12-20/h3,5-6,11-12,15,18,21H,2,4,7-10,13-14,16-17,19H2,1H3,(H,28,32)/t21-/m1/s1. The Morgan fingerprint density at radius 3 is 2.61 bits per heavy atom. The number of benzene rings is 1.